The molecule has 0 aliphatic carbocycles. The molecule has 0 atom stereocenters. The Hall–Kier alpha value is -0.820. The van der Waals surface area contributed by atoms with Gasteiger partial charge in [-0.05, 0) is 40.5 Å². The number of hydrogen-bond donors (Lipinski definition) is 1. The normalized spacial score (nSPS) is 10.4. The van der Waals surface area contributed by atoms with Crippen LogP contribution in [0.5, 0.6) is 0 Å². The summed E-state index contributed by atoms with van der Waals surface area (Å²) in [7, 11) is 1.87. The molecule has 5 heteroatoms. The lowest BCUT2D eigenvalue weighted by molar-refractivity contribution is 1.15. The zero-order valence-electron chi connectivity index (χ0n) is 10.3. The summed E-state index contributed by atoms with van der Waals surface area (Å²) in [6, 6.07) is 8.37. The average Bonchev–Trinajstić information content (AvgIpc) is 2.41. The molecule has 1 heterocycles. The van der Waals surface area contributed by atoms with Gasteiger partial charge in [-0.25, -0.2) is 9.97 Å². The van der Waals surface area contributed by atoms with Crippen LogP contribution in [-0.4, -0.2) is 22.8 Å². The molecule has 1 aromatic carbocycles. The number of rotatable bonds is 4. The number of hydrogen-bond acceptors (Lipinski definition) is 4. The third-order valence-corrected chi connectivity index (χ3v) is 4.09. The van der Waals surface area contributed by atoms with E-state index in [0.717, 1.165) is 26.5 Å². The molecule has 18 heavy (non-hydrogen) atoms. The van der Waals surface area contributed by atoms with E-state index in [1.165, 1.54) is 4.90 Å². The van der Waals surface area contributed by atoms with Gasteiger partial charge in [0.2, 0.25) is 0 Å². The number of anilines is 1. The van der Waals surface area contributed by atoms with Crippen molar-refractivity contribution in [2.45, 2.75) is 11.8 Å². The van der Waals surface area contributed by atoms with Crippen LogP contribution < -0.4 is 5.32 Å². The highest BCUT2D eigenvalue weighted by atomic mass is 127. The van der Waals surface area contributed by atoms with Crippen molar-refractivity contribution in [3.63, 3.8) is 0 Å². The smallest absolute Gasteiger partial charge is 0.161 e. The number of nitrogens with zero attached hydrogens (tertiary/aromatic N) is 2. The van der Waals surface area contributed by atoms with Crippen LogP contribution >= 0.6 is 34.4 Å². The molecule has 2 rings (SSSR count). The van der Waals surface area contributed by atoms with E-state index in [2.05, 4.69) is 69.1 Å². The van der Waals surface area contributed by atoms with Crippen molar-refractivity contribution >= 4 is 40.2 Å². The number of thioether (sulfide) groups is 1. The van der Waals surface area contributed by atoms with Gasteiger partial charge in [0.25, 0.3) is 0 Å². The first kappa shape index (κ1) is 13.6. The van der Waals surface area contributed by atoms with E-state index >= 15 is 0 Å². The number of benzene rings is 1. The van der Waals surface area contributed by atoms with E-state index in [0.29, 0.717) is 0 Å². The molecule has 0 fully saturated rings. The molecule has 0 radical (unpaired) electrons. The van der Waals surface area contributed by atoms with E-state index in [-0.39, 0.29) is 0 Å². The summed E-state index contributed by atoms with van der Waals surface area (Å²) in [6.45, 7) is 2.15. The van der Waals surface area contributed by atoms with Gasteiger partial charge in [0, 0.05) is 23.7 Å². The van der Waals surface area contributed by atoms with Crippen molar-refractivity contribution in [3.05, 3.63) is 34.0 Å². The maximum absolute atomic E-state index is 4.50. The highest BCUT2D eigenvalue weighted by Gasteiger charge is 2.05. The lowest BCUT2D eigenvalue weighted by Crippen LogP contribution is -1.99. The minimum absolute atomic E-state index is 0.757. The van der Waals surface area contributed by atoms with Gasteiger partial charge in [0.15, 0.2) is 5.82 Å². The fourth-order valence-electron chi connectivity index (χ4n) is 1.55. The molecule has 2 aromatic rings. The Labute approximate surface area is 125 Å². The van der Waals surface area contributed by atoms with Crippen molar-refractivity contribution in [3.8, 4) is 11.4 Å². The molecular weight excluding hydrogens is 357 g/mol. The number of nitrogens with one attached hydrogen (secondary N) is 1. The third-order valence-electron chi connectivity index (χ3n) is 2.40. The molecule has 1 aromatic heterocycles. The van der Waals surface area contributed by atoms with Crippen LogP contribution in [0, 0.1) is 3.57 Å². The molecule has 94 valence electrons. The fourth-order valence-corrected chi connectivity index (χ4v) is 2.74. The minimum atomic E-state index is 0.757. The van der Waals surface area contributed by atoms with E-state index in [9.17, 15) is 0 Å². The summed E-state index contributed by atoms with van der Waals surface area (Å²) in [4.78, 5) is 10.1. The first-order valence-corrected chi connectivity index (χ1v) is 7.74. The van der Waals surface area contributed by atoms with Crippen LogP contribution in [0.3, 0.4) is 0 Å². The zero-order chi connectivity index (χ0) is 13.0. The fraction of sp³-hybridized carbons (Fsp3) is 0.231. The molecule has 0 aliphatic rings. The molecule has 0 spiro atoms. The predicted molar refractivity (Wildman–Crippen MR) is 86.1 cm³/mol. The Kier molecular flexibility index (Phi) is 4.82. The predicted octanol–water partition coefficient (Wildman–Crippen LogP) is 3.90. The minimum Gasteiger partial charge on any atom is -0.372 e. The average molecular weight is 371 g/mol. The van der Waals surface area contributed by atoms with Gasteiger partial charge in [0.05, 0.1) is 3.57 Å². The van der Waals surface area contributed by atoms with Crippen molar-refractivity contribution in [1.29, 1.82) is 0 Å². The van der Waals surface area contributed by atoms with Gasteiger partial charge < -0.3 is 5.32 Å². The summed E-state index contributed by atoms with van der Waals surface area (Å²) in [6.07, 6.45) is 1.84. The zero-order valence-corrected chi connectivity index (χ0v) is 13.2. The Morgan fingerprint density at radius 2 is 2.00 bits per heavy atom. The van der Waals surface area contributed by atoms with Crippen molar-refractivity contribution < 1.29 is 0 Å². The van der Waals surface area contributed by atoms with Gasteiger partial charge in [-0.15, -0.1) is 11.8 Å². The lowest BCUT2D eigenvalue weighted by atomic mass is 10.2. The second-order valence-electron chi connectivity index (χ2n) is 3.60. The topological polar surface area (TPSA) is 37.8 Å². The van der Waals surface area contributed by atoms with Gasteiger partial charge in [-0.3, -0.25) is 0 Å². The summed E-state index contributed by atoms with van der Waals surface area (Å²) in [5.41, 5.74) is 1.04. The monoisotopic (exact) mass is 371 g/mol. The Morgan fingerprint density at radius 3 is 2.61 bits per heavy atom. The molecule has 0 aliphatic heterocycles. The Balaban J connectivity index is 2.30. The number of aromatic nitrogens is 2. The lowest BCUT2D eigenvalue weighted by Gasteiger charge is -2.06. The SMILES string of the molecule is CCSc1ccc(-c2ncc(I)c(NC)n2)cc1. The van der Waals surface area contributed by atoms with Gasteiger partial charge >= 0.3 is 0 Å². The summed E-state index contributed by atoms with van der Waals surface area (Å²) < 4.78 is 1.03. The molecule has 0 unspecified atom stereocenters. The largest absolute Gasteiger partial charge is 0.372 e. The van der Waals surface area contributed by atoms with Crippen molar-refractivity contribution in [1.82, 2.24) is 9.97 Å². The third kappa shape index (κ3) is 3.14. The molecular formula is C13H14IN3S. The number of halogens is 1. The highest BCUT2D eigenvalue weighted by Crippen LogP contribution is 2.23. The van der Waals surface area contributed by atoms with Crippen LogP contribution in [-0.2, 0) is 0 Å². The molecule has 0 bridgehead atoms. The molecule has 0 saturated carbocycles. The molecule has 1 N–H and O–H groups in total. The van der Waals surface area contributed by atoms with Crippen LogP contribution in [0.25, 0.3) is 11.4 Å². The molecule has 0 amide bonds. The van der Waals surface area contributed by atoms with Gasteiger partial charge in [-0.1, -0.05) is 19.1 Å². The maximum Gasteiger partial charge on any atom is 0.161 e. The molecule has 3 nitrogen and oxygen atoms in total. The first-order valence-electron chi connectivity index (χ1n) is 5.68. The van der Waals surface area contributed by atoms with Crippen LogP contribution in [0.15, 0.2) is 35.4 Å². The van der Waals surface area contributed by atoms with Gasteiger partial charge in [-0.2, -0.15) is 0 Å². The van der Waals surface area contributed by atoms with E-state index < -0.39 is 0 Å². The second-order valence-corrected chi connectivity index (χ2v) is 6.10. The van der Waals surface area contributed by atoms with Crippen LogP contribution in [0.4, 0.5) is 5.82 Å². The van der Waals surface area contributed by atoms with E-state index in [4.69, 9.17) is 0 Å². The Bertz CT molecular complexity index is 528. The van der Waals surface area contributed by atoms with Crippen LogP contribution in [0.2, 0.25) is 0 Å². The van der Waals surface area contributed by atoms with Crippen LogP contribution in [0.1, 0.15) is 6.92 Å². The summed E-state index contributed by atoms with van der Waals surface area (Å²) in [5, 5.41) is 3.07. The van der Waals surface area contributed by atoms with E-state index in [1.807, 2.05) is 25.0 Å². The summed E-state index contributed by atoms with van der Waals surface area (Å²) >= 11 is 4.06. The maximum atomic E-state index is 4.50. The first-order chi connectivity index (χ1) is 8.74. The van der Waals surface area contributed by atoms with E-state index in [1.54, 1.807) is 0 Å². The quantitative estimate of drug-likeness (QED) is 0.654. The standard InChI is InChI=1S/C13H14IN3S/c1-3-18-10-6-4-9(5-7-10)12-16-8-11(14)13(15-2)17-12/h4-8H,3H2,1-2H3,(H,15,16,17). The van der Waals surface area contributed by atoms with Crippen molar-refractivity contribution in [2.75, 3.05) is 18.1 Å². The van der Waals surface area contributed by atoms with Crippen molar-refractivity contribution in [2.24, 2.45) is 0 Å². The highest BCUT2D eigenvalue weighted by molar-refractivity contribution is 14.1. The Morgan fingerprint density at radius 1 is 1.28 bits per heavy atom. The van der Waals surface area contributed by atoms with Gasteiger partial charge in [0.1, 0.15) is 5.82 Å². The summed E-state index contributed by atoms with van der Waals surface area (Å²) in [5.74, 6) is 2.71. The second kappa shape index (κ2) is 6.38. The molecule has 0 saturated heterocycles.